The molecule has 0 amide bonds. The van der Waals surface area contributed by atoms with Gasteiger partial charge < -0.3 is 15.3 Å². The van der Waals surface area contributed by atoms with Gasteiger partial charge in [-0.25, -0.2) is 13.1 Å². The van der Waals surface area contributed by atoms with Crippen molar-refractivity contribution < 1.29 is 28.7 Å². The molecule has 0 saturated carbocycles. The summed E-state index contributed by atoms with van der Waals surface area (Å²) < 4.78 is 27.1. The van der Waals surface area contributed by atoms with E-state index in [4.69, 9.17) is 23.2 Å². The maximum atomic E-state index is 12.5. The fourth-order valence-electron chi connectivity index (χ4n) is 2.24. The van der Waals surface area contributed by atoms with Gasteiger partial charge in [-0.3, -0.25) is 10.1 Å². The molecule has 0 aliphatic rings. The number of phenolic OH excluding ortho intramolecular Hbond substituents is 1. The molecule has 2 aromatic carbocycles. The number of aliphatic hydroxyl groups excluding tert-OH is 2. The molecule has 12 heteroatoms. The Hall–Kier alpha value is -1.95. The Labute approximate surface area is 164 Å². The van der Waals surface area contributed by atoms with Gasteiger partial charge in [-0.1, -0.05) is 23.2 Å². The van der Waals surface area contributed by atoms with Crippen molar-refractivity contribution in [3.63, 3.8) is 0 Å². The number of rotatable bonds is 7. The molecule has 2 rings (SSSR count). The summed E-state index contributed by atoms with van der Waals surface area (Å²) in [6.07, 6.45) is -1.53. The molecule has 4 N–H and O–H groups in total. The Morgan fingerprint density at radius 2 is 1.78 bits per heavy atom. The van der Waals surface area contributed by atoms with Crippen molar-refractivity contribution in [2.45, 2.75) is 17.0 Å². The molecular weight excluding hydrogens is 423 g/mol. The van der Waals surface area contributed by atoms with Crippen molar-refractivity contribution >= 4 is 38.9 Å². The third-order valence-electron chi connectivity index (χ3n) is 3.61. The second-order valence-electron chi connectivity index (χ2n) is 5.44. The van der Waals surface area contributed by atoms with Crippen LogP contribution in [0.25, 0.3) is 0 Å². The molecule has 0 spiro atoms. The van der Waals surface area contributed by atoms with Gasteiger partial charge >= 0.3 is 0 Å². The monoisotopic (exact) mass is 436 g/mol. The molecule has 0 aromatic heterocycles. The molecule has 0 fully saturated rings. The van der Waals surface area contributed by atoms with Gasteiger partial charge in [0.15, 0.2) is 5.75 Å². The number of benzene rings is 2. The maximum absolute atomic E-state index is 12.5. The topological polar surface area (TPSA) is 150 Å². The van der Waals surface area contributed by atoms with Crippen molar-refractivity contribution in [3.05, 3.63) is 62.1 Å². The van der Waals surface area contributed by atoms with Crippen molar-refractivity contribution in [2.75, 3.05) is 6.61 Å². The molecule has 2 aromatic rings. The number of aromatic hydroxyl groups is 1. The number of nitrogens with one attached hydrogen (secondary N) is 1. The largest absolute Gasteiger partial charge is 0.505 e. The van der Waals surface area contributed by atoms with Crippen LogP contribution in [0.3, 0.4) is 0 Å². The first kappa shape index (κ1) is 21.4. The molecule has 0 aliphatic carbocycles. The van der Waals surface area contributed by atoms with E-state index in [0.717, 1.165) is 24.3 Å². The molecule has 0 aliphatic heterocycles. The second kappa shape index (κ2) is 8.38. The maximum Gasteiger partial charge on any atom is 0.269 e. The van der Waals surface area contributed by atoms with Crippen LogP contribution < -0.4 is 4.72 Å². The van der Waals surface area contributed by atoms with Gasteiger partial charge in [0.25, 0.3) is 5.69 Å². The molecule has 27 heavy (non-hydrogen) atoms. The Bertz CT molecular complexity index is 951. The number of hydrogen-bond acceptors (Lipinski definition) is 7. The summed E-state index contributed by atoms with van der Waals surface area (Å²) in [7, 11) is -4.42. The zero-order valence-corrected chi connectivity index (χ0v) is 15.7. The van der Waals surface area contributed by atoms with Gasteiger partial charge in [0.1, 0.15) is 4.90 Å². The fraction of sp³-hybridized carbons (Fsp3) is 0.200. The van der Waals surface area contributed by atoms with Crippen molar-refractivity contribution in [3.8, 4) is 5.75 Å². The normalized spacial score (nSPS) is 13.9. The third-order valence-corrected chi connectivity index (χ3v) is 5.62. The van der Waals surface area contributed by atoms with E-state index < -0.39 is 44.3 Å². The SMILES string of the molecule is O=[N+]([O-])c1ccc([C@@H](O)[C@@H](CO)NS(=O)(=O)c2cc(Cl)cc(Cl)c2O)cc1. The van der Waals surface area contributed by atoms with Crippen LogP contribution in [-0.2, 0) is 10.0 Å². The number of aliphatic hydroxyl groups is 2. The van der Waals surface area contributed by atoms with Crippen LogP contribution in [0.1, 0.15) is 11.7 Å². The number of nitrogens with zero attached hydrogens (tertiary/aromatic N) is 1. The van der Waals surface area contributed by atoms with Gasteiger partial charge in [0, 0.05) is 17.2 Å². The lowest BCUT2D eigenvalue weighted by atomic mass is 10.0. The van der Waals surface area contributed by atoms with E-state index in [2.05, 4.69) is 4.72 Å². The summed E-state index contributed by atoms with van der Waals surface area (Å²) in [5, 5.41) is 40.0. The number of sulfonamides is 1. The standard InChI is InChI=1S/C15H14Cl2N2O7S/c16-9-5-11(17)15(22)13(6-9)27(25,26)18-12(7-20)14(21)8-1-3-10(4-2-8)19(23)24/h1-6,12,14,18,20-22H,7H2/t12-,14-/m1/s1. The summed E-state index contributed by atoms with van der Waals surface area (Å²) in [6.45, 7) is -0.799. The highest BCUT2D eigenvalue weighted by Gasteiger charge is 2.29. The van der Waals surface area contributed by atoms with Crippen LogP contribution in [0.2, 0.25) is 10.0 Å². The van der Waals surface area contributed by atoms with Crippen LogP contribution in [-0.4, -0.2) is 41.3 Å². The number of nitro benzene ring substituents is 1. The summed E-state index contributed by atoms with van der Waals surface area (Å²) in [4.78, 5) is 9.41. The smallest absolute Gasteiger partial charge is 0.269 e. The van der Waals surface area contributed by atoms with Gasteiger partial charge in [-0.05, 0) is 29.8 Å². The van der Waals surface area contributed by atoms with Crippen LogP contribution in [0.15, 0.2) is 41.3 Å². The van der Waals surface area contributed by atoms with Gasteiger partial charge in [0.2, 0.25) is 10.0 Å². The quantitative estimate of drug-likeness (QED) is 0.382. The molecule has 0 bridgehead atoms. The average molecular weight is 437 g/mol. The van der Waals surface area contributed by atoms with E-state index in [1.54, 1.807) is 0 Å². The second-order valence-corrected chi connectivity index (χ2v) is 7.96. The van der Waals surface area contributed by atoms with Crippen molar-refractivity contribution in [1.82, 2.24) is 4.72 Å². The minimum atomic E-state index is -4.42. The molecule has 0 radical (unpaired) electrons. The fourth-order valence-corrected chi connectivity index (χ4v) is 4.23. The minimum absolute atomic E-state index is 0.0466. The Balaban J connectivity index is 2.31. The first-order chi connectivity index (χ1) is 12.6. The summed E-state index contributed by atoms with van der Waals surface area (Å²) in [5.74, 6) is -0.741. The van der Waals surface area contributed by atoms with E-state index in [1.165, 1.54) is 12.1 Å². The Morgan fingerprint density at radius 1 is 1.19 bits per heavy atom. The van der Waals surface area contributed by atoms with Crippen molar-refractivity contribution in [1.29, 1.82) is 0 Å². The number of phenols is 1. The average Bonchev–Trinajstić information content (AvgIpc) is 2.62. The molecule has 0 heterocycles. The van der Waals surface area contributed by atoms with Gasteiger partial charge in [-0.2, -0.15) is 0 Å². The highest BCUT2D eigenvalue weighted by Crippen LogP contribution is 2.34. The van der Waals surface area contributed by atoms with E-state index in [9.17, 15) is 33.9 Å². The molecule has 2 atom stereocenters. The molecule has 9 nitrogen and oxygen atoms in total. The molecule has 0 unspecified atom stereocenters. The van der Waals surface area contributed by atoms with Gasteiger partial charge in [0.05, 0.1) is 28.7 Å². The van der Waals surface area contributed by atoms with Crippen LogP contribution in [0, 0.1) is 10.1 Å². The Kier molecular flexibility index (Phi) is 6.63. The van der Waals surface area contributed by atoms with Gasteiger partial charge in [-0.15, -0.1) is 0 Å². The van der Waals surface area contributed by atoms with E-state index in [0.29, 0.717) is 0 Å². The third kappa shape index (κ3) is 4.86. The summed E-state index contributed by atoms with van der Waals surface area (Å²) >= 11 is 11.5. The van der Waals surface area contributed by atoms with Crippen LogP contribution >= 0.6 is 23.2 Å². The number of halogens is 2. The zero-order chi connectivity index (χ0) is 20.4. The molecule has 0 saturated heterocycles. The predicted molar refractivity (Wildman–Crippen MR) is 97.4 cm³/mol. The van der Waals surface area contributed by atoms with E-state index in [-0.39, 0.29) is 21.3 Å². The first-order valence-electron chi connectivity index (χ1n) is 7.30. The highest BCUT2D eigenvalue weighted by molar-refractivity contribution is 7.89. The summed E-state index contributed by atoms with van der Waals surface area (Å²) in [5.41, 5.74) is -0.0822. The van der Waals surface area contributed by atoms with E-state index in [1.807, 2.05) is 0 Å². The zero-order valence-electron chi connectivity index (χ0n) is 13.4. The lowest BCUT2D eigenvalue weighted by Crippen LogP contribution is -2.41. The van der Waals surface area contributed by atoms with E-state index >= 15 is 0 Å². The number of nitro groups is 1. The number of non-ortho nitro benzene ring substituents is 1. The van der Waals surface area contributed by atoms with Crippen LogP contribution in [0.4, 0.5) is 5.69 Å². The lowest BCUT2D eigenvalue weighted by molar-refractivity contribution is -0.384. The predicted octanol–water partition coefficient (Wildman–Crippen LogP) is 1.98. The first-order valence-corrected chi connectivity index (χ1v) is 9.54. The molecule has 146 valence electrons. The minimum Gasteiger partial charge on any atom is -0.505 e. The van der Waals surface area contributed by atoms with Crippen LogP contribution in [0.5, 0.6) is 5.75 Å². The highest BCUT2D eigenvalue weighted by atomic mass is 35.5. The summed E-state index contributed by atoms with van der Waals surface area (Å²) in [6, 6.07) is 5.41. The lowest BCUT2D eigenvalue weighted by Gasteiger charge is -2.23. The molecular formula is C15H14Cl2N2O7S. The van der Waals surface area contributed by atoms with Crippen molar-refractivity contribution in [2.24, 2.45) is 0 Å². The Morgan fingerprint density at radius 3 is 2.30 bits per heavy atom. The number of hydrogen-bond donors (Lipinski definition) is 4.